The van der Waals surface area contributed by atoms with Crippen LogP contribution in [-0.2, 0) is 31.3 Å². The molecule has 3 saturated heterocycles. The summed E-state index contributed by atoms with van der Waals surface area (Å²) < 4.78 is 7.10. The number of hydrogen-bond acceptors (Lipinski definition) is 8. The van der Waals surface area contributed by atoms with Crippen LogP contribution < -0.4 is 20.0 Å². The van der Waals surface area contributed by atoms with E-state index in [4.69, 9.17) is 4.74 Å². The van der Waals surface area contributed by atoms with Crippen molar-refractivity contribution >= 4 is 48.8 Å². The van der Waals surface area contributed by atoms with E-state index >= 15 is 4.79 Å². The minimum Gasteiger partial charge on any atom is -0.432 e. The quantitative estimate of drug-likeness (QED) is 0.181. The van der Waals surface area contributed by atoms with E-state index in [9.17, 15) is 19.5 Å². The van der Waals surface area contributed by atoms with Gasteiger partial charge in [-0.05, 0) is 87.1 Å². The second-order valence-electron chi connectivity index (χ2n) is 16.2. The van der Waals surface area contributed by atoms with Crippen LogP contribution in [0.2, 0.25) is 18.6 Å². The molecule has 2 spiro atoms. The number of aliphatic hydroxyl groups excluding tert-OH is 1. The number of ether oxygens (including phenoxy) is 1. The number of nitrogens with zero attached hydrogens (tertiary/aromatic N) is 4. The Balaban J connectivity index is 1.21. The minimum absolute atomic E-state index is 0.0223. The number of nitrogens with one attached hydrogen (secondary N) is 1. The van der Waals surface area contributed by atoms with Crippen LogP contribution in [0.4, 0.5) is 22.7 Å². The van der Waals surface area contributed by atoms with Gasteiger partial charge in [-0.2, -0.15) is 0 Å². The van der Waals surface area contributed by atoms with Crippen LogP contribution >= 0.6 is 0 Å². The summed E-state index contributed by atoms with van der Waals surface area (Å²) in [5, 5.41) is 13.4. The van der Waals surface area contributed by atoms with Crippen molar-refractivity contribution in [2.75, 3.05) is 47.6 Å². The topological polar surface area (TPSA) is 126 Å². The summed E-state index contributed by atoms with van der Waals surface area (Å²) >= 11 is 0. The Labute approximate surface area is 329 Å². The van der Waals surface area contributed by atoms with Gasteiger partial charge in [-0.15, -0.1) is 0 Å². The second-order valence-corrected chi connectivity index (χ2v) is 20.2. The molecule has 0 radical (unpaired) electrons. The van der Waals surface area contributed by atoms with E-state index in [-0.39, 0.29) is 37.3 Å². The standard InChI is InChI=1S/C44H51N5O6Si/c1-31-40(56(2,3)54)38(28-39(51)46(25-26-50)29-32-13-7-4-8-14-32)55-44(31)36-27-35(19-20-37(36)49(42(44)53)34-17-11-6-12-18-34)47-30-48(33-15-9-5-10-16-33)43(41(47)52)21-23-45-24-22-43/h4-20,27,31,38,40,45,50,54H,21-26,28-30H2,1-3H3/t31-,38+,40-,44+/m0/s1. The number of piperidine rings is 1. The molecule has 0 bridgehead atoms. The molecule has 3 fully saturated rings. The van der Waals surface area contributed by atoms with Crippen molar-refractivity contribution in [3.8, 4) is 0 Å². The van der Waals surface area contributed by atoms with Gasteiger partial charge in [0.25, 0.3) is 11.8 Å². The summed E-state index contributed by atoms with van der Waals surface area (Å²) in [5.74, 6) is -1.01. The largest absolute Gasteiger partial charge is 0.432 e. The van der Waals surface area contributed by atoms with Crippen LogP contribution in [0.1, 0.15) is 37.3 Å². The lowest BCUT2D eigenvalue weighted by atomic mass is 9.82. The molecule has 4 aliphatic heterocycles. The van der Waals surface area contributed by atoms with Crippen LogP contribution in [0, 0.1) is 5.92 Å². The number of anilines is 4. The maximum absolute atomic E-state index is 15.3. The number of carbonyl (C=O) groups excluding carboxylic acids is 3. The molecule has 4 atom stereocenters. The highest BCUT2D eigenvalue weighted by Crippen LogP contribution is 2.61. The SMILES string of the molecule is C[C@H]1[C@H]([Si](C)(C)O)[C@@H](CC(=O)N(CCO)Cc2ccccc2)O[C@]12C(=O)N(c1ccccc1)c1ccc(N3CN(c4ccccc4)C4(CCNCC4)C3=O)cc12. The van der Waals surface area contributed by atoms with E-state index in [2.05, 4.69) is 10.2 Å². The van der Waals surface area contributed by atoms with Crippen LogP contribution in [0.25, 0.3) is 0 Å². The molecule has 8 rings (SSSR count). The first-order chi connectivity index (χ1) is 27.0. The van der Waals surface area contributed by atoms with Gasteiger partial charge in [-0.3, -0.25) is 24.2 Å². The Bertz CT molecular complexity index is 2080. The minimum atomic E-state index is -3.11. The van der Waals surface area contributed by atoms with E-state index in [1.807, 2.05) is 134 Å². The van der Waals surface area contributed by atoms with E-state index < -0.39 is 37.0 Å². The smallest absolute Gasteiger partial charge is 0.268 e. The van der Waals surface area contributed by atoms with Crippen molar-refractivity contribution < 1.29 is 29.0 Å². The van der Waals surface area contributed by atoms with Crippen molar-refractivity contribution in [2.45, 2.75) is 68.6 Å². The number of aliphatic hydroxyl groups is 1. The predicted molar refractivity (Wildman–Crippen MR) is 219 cm³/mol. The fourth-order valence-corrected chi connectivity index (χ4v) is 12.4. The Morgan fingerprint density at radius 2 is 1.50 bits per heavy atom. The summed E-state index contributed by atoms with van der Waals surface area (Å²) in [6.45, 7) is 7.69. The summed E-state index contributed by atoms with van der Waals surface area (Å²) in [7, 11) is -3.11. The highest BCUT2D eigenvalue weighted by molar-refractivity contribution is 6.71. The molecule has 11 nitrogen and oxygen atoms in total. The third-order valence-corrected chi connectivity index (χ3v) is 15.0. The maximum Gasteiger partial charge on any atom is 0.268 e. The van der Waals surface area contributed by atoms with Crippen LogP contribution in [0.5, 0.6) is 0 Å². The summed E-state index contributed by atoms with van der Waals surface area (Å²) in [6.07, 6.45) is 0.480. The lowest BCUT2D eigenvalue weighted by Gasteiger charge is -2.39. The molecule has 0 saturated carbocycles. The molecule has 292 valence electrons. The molecule has 3 N–H and O–H groups in total. The summed E-state index contributed by atoms with van der Waals surface area (Å²) in [6, 6.07) is 34.9. The van der Waals surface area contributed by atoms with Crippen molar-refractivity contribution in [3.63, 3.8) is 0 Å². The Morgan fingerprint density at radius 3 is 2.12 bits per heavy atom. The molecule has 0 aliphatic carbocycles. The highest BCUT2D eigenvalue weighted by Gasteiger charge is 2.67. The van der Waals surface area contributed by atoms with E-state index in [0.717, 1.165) is 24.3 Å². The van der Waals surface area contributed by atoms with Gasteiger partial charge >= 0.3 is 0 Å². The zero-order valence-corrected chi connectivity index (χ0v) is 33.3. The number of para-hydroxylation sites is 2. The number of benzene rings is 4. The maximum atomic E-state index is 15.3. The molecule has 4 aliphatic rings. The van der Waals surface area contributed by atoms with Crippen LogP contribution in [0.3, 0.4) is 0 Å². The predicted octanol–water partition coefficient (Wildman–Crippen LogP) is 5.51. The van der Waals surface area contributed by atoms with Gasteiger partial charge in [-0.1, -0.05) is 73.7 Å². The normalized spacial score (nSPS) is 24.4. The average Bonchev–Trinajstić information content (AvgIpc) is 3.75. The van der Waals surface area contributed by atoms with E-state index in [1.54, 1.807) is 9.80 Å². The van der Waals surface area contributed by atoms with E-state index in [0.29, 0.717) is 48.7 Å². The Hall–Kier alpha value is -4.85. The van der Waals surface area contributed by atoms with Gasteiger partial charge in [-0.25, -0.2) is 0 Å². The fourth-order valence-electron chi connectivity index (χ4n) is 9.88. The van der Waals surface area contributed by atoms with Gasteiger partial charge in [0.1, 0.15) is 5.54 Å². The lowest BCUT2D eigenvalue weighted by Crippen LogP contribution is -2.55. The zero-order chi connectivity index (χ0) is 39.2. The molecule has 4 heterocycles. The number of amides is 3. The highest BCUT2D eigenvalue weighted by atomic mass is 28.4. The number of rotatable bonds is 10. The number of hydrogen-bond donors (Lipinski definition) is 3. The van der Waals surface area contributed by atoms with E-state index in [1.165, 1.54) is 0 Å². The van der Waals surface area contributed by atoms with Crippen LogP contribution in [0.15, 0.2) is 109 Å². The Kier molecular flexibility index (Phi) is 10.1. The molecule has 4 aromatic carbocycles. The Morgan fingerprint density at radius 1 is 0.875 bits per heavy atom. The van der Waals surface area contributed by atoms with Crippen LogP contribution in [-0.4, -0.2) is 85.4 Å². The van der Waals surface area contributed by atoms with Gasteiger partial charge in [0.05, 0.1) is 31.5 Å². The first-order valence-electron chi connectivity index (χ1n) is 19.7. The first kappa shape index (κ1) is 38.0. The fraction of sp³-hybridized carbons (Fsp3) is 0.386. The lowest BCUT2D eigenvalue weighted by molar-refractivity contribution is -0.149. The van der Waals surface area contributed by atoms with Crippen molar-refractivity contribution in [2.24, 2.45) is 5.92 Å². The van der Waals surface area contributed by atoms with Gasteiger partial charge < -0.3 is 29.8 Å². The number of fused-ring (bicyclic) bond motifs is 2. The molecule has 0 aromatic heterocycles. The van der Waals surface area contributed by atoms with Gasteiger partial charge in [0, 0.05) is 47.2 Å². The third-order valence-electron chi connectivity index (χ3n) is 12.5. The van der Waals surface area contributed by atoms with Gasteiger partial charge in [0.15, 0.2) is 13.9 Å². The summed E-state index contributed by atoms with van der Waals surface area (Å²) in [4.78, 5) is 63.5. The third kappa shape index (κ3) is 6.33. The second kappa shape index (κ2) is 14.9. The average molecular weight is 774 g/mol. The molecular formula is C44H51N5O6Si. The first-order valence-corrected chi connectivity index (χ1v) is 22.7. The number of carbonyl (C=O) groups is 3. The monoisotopic (exact) mass is 773 g/mol. The van der Waals surface area contributed by atoms with Gasteiger partial charge in [0.2, 0.25) is 5.91 Å². The van der Waals surface area contributed by atoms with Crippen molar-refractivity contribution in [3.05, 3.63) is 120 Å². The summed E-state index contributed by atoms with van der Waals surface area (Å²) in [5.41, 5.74) is 1.77. The molecule has 56 heavy (non-hydrogen) atoms. The zero-order valence-electron chi connectivity index (χ0n) is 32.3. The molecular weight excluding hydrogens is 723 g/mol. The molecule has 0 unspecified atom stereocenters. The molecule has 4 aromatic rings. The van der Waals surface area contributed by atoms with Crippen molar-refractivity contribution in [1.29, 1.82) is 0 Å². The molecule has 3 amide bonds. The molecule has 12 heteroatoms. The van der Waals surface area contributed by atoms with Crippen molar-refractivity contribution in [1.82, 2.24) is 10.2 Å².